The summed E-state index contributed by atoms with van der Waals surface area (Å²) >= 11 is 1.57. The molecule has 2 aromatic carbocycles. The Morgan fingerprint density at radius 3 is 2.42 bits per heavy atom. The van der Waals surface area contributed by atoms with Crippen molar-refractivity contribution in [2.45, 2.75) is 50.9 Å². The van der Waals surface area contributed by atoms with Crippen molar-refractivity contribution in [2.24, 2.45) is 0 Å². The molecule has 3 amide bonds. The Labute approximate surface area is 227 Å². The van der Waals surface area contributed by atoms with E-state index in [1.54, 1.807) is 22.3 Å². The first-order valence-electron chi connectivity index (χ1n) is 13.1. The Morgan fingerprint density at radius 1 is 1.03 bits per heavy atom. The average molecular weight is 532 g/mol. The summed E-state index contributed by atoms with van der Waals surface area (Å²) < 4.78 is 6.34. The molecule has 0 bridgehead atoms. The van der Waals surface area contributed by atoms with E-state index in [0.29, 0.717) is 37.9 Å². The third-order valence-electron chi connectivity index (χ3n) is 7.62. The molecular formula is C30H33N3O4S. The minimum atomic E-state index is -0.933. The van der Waals surface area contributed by atoms with Crippen molar-refractivity contribution >= 4 is 29.1 Å². The van der Waals surface area contributed by atoms with Crippen LogP contribution in [0.5, 0.6) is 0 Å². The number of amides is 3. The number of aryl methyl sites for hydroxylation is 1. The number of carbonyl (C=O) groups is 3. The summed E-state index contributed by atoms with van der Waals surface area (Å²) in [5, 5.41) is 5.06. The molecule has 3 aromatic rings. The summed E-state index contributed by atoms with van der Waals surface area (Å²) in [7, 11) is 0. The maximum atomic E-state index is 14.0. The van der Waals surface area contributed by atoms with Crippen LogP contribution in [0.15, 0.2) is 72.1 Å². The van der Waals surface area contributed by atoms with Crippen LogP contribution in [-0.4, -0.2) is 59.0 Å². The van der Waals surface area contributed by atoms with Crippen LogP contribution >= 0.6 is 11.3 Å². The van der Waals surface area contributed by atoms with Crippen LogP contribution in [0.4, 0.5) is 0 Å². The van der Waals surface area contributed by atoms with Crippen LogP contribution in [0, 0.1) is 6.92 Å². The molecule has 1 aromatic heterocycles. The first-order chi connectivity index (χ1) is 18.4. The highest BCUT2D eigenvalue weighted by Crippen LogP contribution is 2.39. The van der Waals surface area contributed by atoms with Crippen molar-refractivity contribution in [3.05, 3.63) is 93.7 Å². The molecule has 2 atom stereocenters. The van der Waals surface area contributed by atoms with E-state index in [9.17, 15) is 14.4 Å². The maximum Gasteiger partial charge on any atom is 0.257 e. The molecule has 3 heterocycles. The third-order valence-corrected chi connectivity index (χ3v) is 8.50. The lowest BCUT2D eigenvalue weighted by atomic mass is 9.95. The summed E-state index contributed by atoms with van der Waals surface area (Å²) in [6, 6.07) is 20.1. The van der Waals surface area contributed by atoms with Gasteiger partial charge in [0.05, 0.1) is 19.1 Å². The number of thiophene rings is 1. The van der Waals surface area contributed by atoms with Crippen LogP contribution in [0.25, 0.3) is 0 Å². The van der Waals surface area contributed by atoms with Crippen molar-refractivity contribution in [2.75, 3.05) is 19.7 Å². The Bertz CT molecular complexity index is 1290. The number of nitrogens with one attached hydrogen (secondary N) is 1. The lowest BCUT2D eigenvalue weighted by Crippen LogP contribution is -2.60. The van der Waals surface area contributed by atoms with Gasteiger partial charge in [0.15, 0.2) is 0 Å². The number of hydrogen-bond acceptors (Lipinski definition) is 5. The Kier molecular flexibility index (Phi) is 7.63. The highest BCUT2D eigenvalue weighted by molar-refractivity contribution is 7.10. The van der Waals surface area contributed by atoms with E-state index in [2.05, 4.69) is 5.32 Å². The molecule has 2 saturated heterocycles. The van der Waals surface area contributed by atoms with E-state index < -0.39 is 11.8 Å². The predicted octanol–water partition coefficient (Wildman–Crippen LogP) is 4.34. The normalized spacial score (nSPS) is 19.4. The van der Waals surface area contributed by atoms with Gasteiger partial charge in [-0.25, -0.2) is 0 Å². The monoisotopic (exact) mass is 531 g/mol. The number of likely N-dealkylation sites (tertiary alicyclic amines) is 1. The van der Waals surface area contributed by atoms with Gasteiger partial charge in [-0.2, -0.15) is 0 Å². The zero-order valence-electron chi connectivity index (χ0n) is 21.8. The fourth-order valence-corrected chi connectivity index (χ4v) is 6.12. The fraction of sp³-hybridized carbons (Fsp3) is 0.367. The van der Waals surface area contributed by atoms with E-state index >= 15 is 0 Å². The molecule has 2 aliphatic heterocycles. The molecule has 0 unspecified atom stereocenters. The summed E-state index contributed by atoms with van der Waals surface area (Å²) in [4.78, 5) is 45.1. The van der Waals surface area contributed by atoms with Crippen LogP contribution < -0.4 is 5.32 Å². The van der Waals surface area contributed by atoms with Gasteiger partial charge in [0.25, 0.3) is 5.91 Å². The maximum absolute atomic E-state index is 14.0. The van der Waals surface area contributed by atoms with E-state index in [0.717, 1.165) is 16.0 Å². The second-order valence-electron chi connectivity index (χ2n) is 10.0. The average Bonchev–Trinajstić information content (AvgIpc) is 3.57. The Hall–Kier alpha value is -3.49. The number of nitrogens with zero attached hydrogens (tertiary/aromatic N) is 2. The second kappa shape index (κ2) is 11.1. The fourth-order valence-electron chi connectivity index (χ4n) is 5.42. The summed E-state index contributed by atoms with van der Waals surface area (Å²) in [6.45, 7) is 4.89. The number of ether oxygens (including phenoxy) is 1. The number of piperidine rings is 1. The van der Waals surface area contributed by atoms with Crippen molar-refractivity contribution < 1.29 is 19.1 Å². The van der Waals surface area contributed by atoms with Gasteiger partial charge in [0.2, 0.25) is 11.8 Å². The van der Waals surface area contributed by atoms with Crippen LogP contribution in [-0.2, 0) is 20.7 Å². The zero-order valence-corrected chi connectivity index (χ0v) is 22.6. The summed E-state index contributed by atoms with van der Waals surface area (Å²) in [5.74, 6) is -0.383. The van der Waals surface area contributed by atoms with Crippen LogP contribution in [0.3, 0.4) is 0 Å². The molecule has 5 rings (SSSR count). The smallest absolute Gasteiger partial charge is 0.257 e. The molecule has 0 saturated carbocycles. The third kappa shape index (κ3) is 5.24. The molecule has 38 heavy (non-hydrogen) atoms. The van der Waals surface area contributed by atoms with Gasteiger partial charge >= 0.3 is 0 Å². The second-order valence-corrected chi connectivity index (χ2v) is 11.1. The Morgan fingerprint density at radius 2 is 1.74 bits per heavy atom. The van der Waals surface area contributed by atoms with Crippen LogP contribution in [0.1, 0.15) is 52.2 Å². The first-order valence-corrected chi connectivity index (χ1v) is 13.9. The number of hydrogen-bond donors (Lipinski definition) is 1. The Balaban J connectivity index is 1.37. The van der Waals surface area contributed by atoms with Gasteiger partial charge in [-0.15, -0.1) is 11.3 Å². The van der Waals surface area contributed by atoms with Gasteiger partial charge < -0.3 is 15.0 Å². The zero-order chi connectivity index (χ0) is 26.7. The van der Waals surface area contributed by atoms with Gasteiger partial charge in [-0.1, -0.05) is 54.6 Å². The lowest BCUT2D eigenvalue weighted by Gasteiger charge is -2.44. The number of benzene rings is 2. The molecular weight excluding hydrogens is 498 g/mol. The van der Waals surface area contributed by atoms with E-state index in [4.69, 9.17) is 4.74 Å². The van der Waals surface area contributed by atoms with E-state index in [1.807, 2.05) is 84.8 Å². The van der Waals surface area contributed by atoms with E-state index in [1.165, 1.54) is 0 Å². The van der Waals surface area contributed by atoms with Crippen LogP contribution in [0.2, 0.25) is 0 Å². The minimum absolute atomic E-state index is 0.0723. The molecule has 0 aliphatic carbocycles. The lowest BCUT2D eigenvalue weighted by molar-refractivity contribution is -0.143. The largest absolute Gasteiger partial charge is 0.353 e. The molecule has 1 N–H and O–H groups in total. The van der Waals surface area contributed by atoms with Gasteiger partial charge in [-0.3, -0.25) is 19.3 Å². The highest BCUT2D eigenvalue weighted by atomic mass is 32.1. The predicted molar refractivity (Wildman–Crippen MR) is 147 cm³/mol. The number of rotatable bonds is 6. The first kappa shape index (κ1) is 26.1. The van der Waals surface area contributed by atoms with Crippen molar-refractivity contribution in [1.82, 2.24) is 15.1 Å². The van der Waals surface area contributed by atoms with Gasteiger partial charge in [0.1, 0.15) is 11.8 Å². The standard InChI is InChI=1S/C30H33N3O4S/c1-21-9-6-7-13-25(21)29(36)33-26(28(35)31-22(2)23-10-4-3-5-11-23)20-37-30(33)14-16-32(17-15-30)27(34)19-24-12-8-18-38-24/h3-13,18,22,26H,14-17,19-20H2,1-2H3,(H,31,35)/t22-,26-/m0/s1. The van der Waals surface area contributed by atoms with Crippen molar-refractivity contribution in [3.8, 4) is 0 Å². The summed E-state index contributed by atoms with van der Waals surface area (Å²) in [6.07, 6.45) is 1.29. The quantitative estimate of drug-likeness (QED) is 0.514. The topological polar surface area (TPSA) is 79.0 Å². The minimum Gasteiger partial charge on any atom is -0.353 e. The highest BCUT2D eigenvalue weighted by Gasteiger charge is 2.54. The molecule has 8 heteroatoms. The van der Waals surface area contributed by atoms with Gasteiger partial charge in [0, 0.05) is 36.4 Å². The molecule has 198 valence electrons. The SMILES string of the molecule is Cc1ccccc1C(=O)N1[C@H](C(=O)N[C@@H](C)c2ccccc2)COC12CCN(C(=O)Cc1cccs1)CC2. The molecule has 2 aliphatic rings. The van der Waals surface area contributed by atoms with Crippen molar-refractivity contribution in [1.29, 1.82) is 0 Å². The molecule has 1 spiro atoms. The van der Waals surface area contributed by atoms with Gasteiger partial charge in [-0.05, 0) is 42.5 Å². The summed E-state index contributed by atoms with van der Waals surface area (Å²) in [5.41, 5.74) is 1.46. The molecule has 7 nitrogen and oxygen atoms in total. The molecule has 0 radical (unpaired) electrons. The van der Waals surface area contributed by atoms with Crippen molar-refractivity contribution in [3.63, 3.8) is 0 Å². The van der Waals surface area contributed by atoms with E-state index in [-0.39, 0.29) is 30.4 Å². The molecule has 2 fully saturated rings. The number of carbonyl (C=O) groups excluding carboxylic acids is 3.